The first-order valence-electron chi connectivity index (χ1n) is 3.50. The number of ether oxygens (including phenoxy) is 2. The van der Waals surface area contributed by atoms with E-state index in [-0.39, 0.29) is 0 Å². The van der Waals surface area contributed by atoms with Gasteiger partial charge in [-0.05, 0) is 20.8 Å². The van der Waals surface area contributed by atoms with Crippen molar-refractivity contribution in [2.75, 3.05) is 6.61 Å². The Morgan fingerprint density at radius 2 is 2.09 bits per heavy atom. The molecule has 0 radical (unpaired) electrons. The Labute approximate surface area is 65.8 Å². The third kappa shape index (κ3) is 1.91. The minimum Gasteiger partial charge on any atom is -0.411 e. The van der Waals surface area contributed by atoms with Crippen LogP contribution in [0.3, 0.4) is 0 Å². The molecule has 0 unspecified atom stereocenters. The van der Waals surface area contributed by atoms with Crippen molar-refractivity contribution in [3.05, 3.63) is 0 Å². The summed E-state index contributed by atoms with van der Waals surface area (Å²) in [6.45, 7) is 5.87. The van der Waals surface area contributed by atoms with Gasteiger partial charge in [0.1, 0.15) is 5.60 Å². The summed E-state index contributed by atoms with van der Waals surface area (Å²) in [5.41, 5.74) is -0.585. The van der Waals surface area contributed by atoms with Crippen LogP contribution in [0.5, 0.6) is 0 Å². The van der Waals surface area contributed by atoms with Gasteiger partial charge < -0.3 is 14.7 Å². The van der Waals surface area contributed by atoms with Gasteiger partial charge in [-0.2, -0.15) is 0 Å². The van der Waals surface area contributed by atoms with E-state index in [0.29, 0.717) is 6.61 Å². The number of rotatable bonds is 1. The maximum atomic E-state index is 8.30. The molecule has 0 amide bonds. The Balaban J connectivity index is 2.65. The molecule has 1 fully saturated rings. The highest BCUT2D eigenvalue weighted by Crippen LogP contribution is 2.28. The van der Waals surface area contributed by atoms with Crippen LogP contribution in [-0.2, 0) is 9.47 Å². The molecular weight excluding hydrogens is 146 g/mol. The maximum absolute atomic E-state index is 8.30. The van der Waals surface area contributed by atoms with Crippen molar-refractivity contribution in [3.8, 4) is 0 Å². The minimum absolute atomic E-state index is 0.421. The van der Waals surface area contributed by atoms with Gasteiger partial charge in [0.2, 0.25) is 0 Å². The maximum Gasteiger partial charge on any atom is 0.164 e. The van der Waals surface area contributed by atoms with E-state index in [4.69, 9.17) is 14.7 Å². The van der Waals surface area contributed by atoms with Crippen molar-refractivity contribution in [2.45, 2.75) is 32.2 Å². The van der Waals surface area contributed by atoms with E-state index in [1.165, 1.54) is 6.21 Å². The molecule has 1 saturated heterocycles. The number of oxime groups is 1. The highest BCUT2D eigenvalue weighted by atomic mass is 16.8. The van der Waals surface area contributed by atoms with Crippen LogP contribution in [0.15, 0.2) is 5.16 Å². The zero-order valence-corrected chi connectivity index (χ0v) is 7.00. The average molecular weight is 159 g/mol. The Kier molecular flexibility index (Phi) is 1.90. The zero-order chi connectivity index (χ0) is 8.54. The molecule has 1 aliphatic rings. The summed E-state index contributed by atoms with van der Waals surface area (Å²) in [4.78, 5) is 0. The molecule has 4 heteroatoms. The molecule has 64 valence electrons. The van der Waals surface area contributed by atoms with E-state index in [9.17, 15) is 0 Å². The largest absolute Gasteiger partial charge is 0.411 e. The molecule has 0 aromatic rings. The van der Waals surface area contributed by atoms with Crippen LogP contribution in [0, 0.1) is 0 Å². The topological polar surface area (TPSA) is 51.0 Å². The SMILES string of the molecule is CC1(C)OC[C@](C)(C=NO)O1. The molecule has 0 saturated carbocycles. The Bertz CT molecular complexity index is 179. The van der Waals surface area contributed by atoms with Crippen LogP contribution in [0.1, 0.15) is 20.8 Å². The summed E-state index contributed by atoms with van der Waals surface area (Å²) in [5, 5.41) is 11.2. The first-order valence-corrected chi connectivity index (χ1v) is 3.50. The molecule has 0 aromatic heterocycles. The lowest BCUT2D eigenvalue weighted by Gasteiger charge is -2.20. The smallest absolute Gasteiger partial charge is 0.164 e. The van der Waals surface area contributed by atoms with Crippen molar-refractivity contribution >= 4 is 6.21 Å². The minimum atomic E-state index is -0.585. The summed E-state index contributed by atoms with van der Waals surface area (Å²) < 4.78 is 10.7. The van der Waals surface area contributed by atoms with Crippen LogP contribution in [0.4, 0.5) is 0 Å². The third-order valence-electron chi connectivity index (χ3n) is 1.52. The van der Waals surface area contributed by atoms with Crippen molar-refractivity contribution in [2.24, 2.45) is 5.16 Å². The Morgan fingerprint density at radius 1 is 1.45 bits per heavy atom. The molecule has 1 aliphatic heterocycles. The lowest BCUT2D eigenvalue weighted by Crippen LogP contribution is -2.32. The van der Waals surface area contributed by atoms with Crippen molar-refractivity contribution < 1.29 is 14.7 Å². The molecule has 1 atom stereocenters. The van der Waals surface area contributed by atoms with E-state index in [1.54, 1.807) is 0 Å². The van der Waals surface area contributed by atoms with Gasteiger partial charge in [-0.25, -0.2) is 0 Å². The summed E-state index contributed by atoms with van der Waals surface area (Å²) in [6, 6.07) is 0. The van der Waals surface area contributed by atoms with Gasteiger partial charge in [0, 0.05) is 0 Å². The fraction of sp³-hybridized carbons (Fsp3) is 0.857. The van der Waals surface area contributed by atoms with E-state index >= 15 is 0 Å². The van der Waals surface area contributed by atoms with Gasteiger partial charge in [0.05, 0.1) is 12.8 Å². The van der Waals surface area contributed by atoms with Gasteiger partial charge >= 0.3 is 0 Å². The average Bonchev–Trinajstić information content (AvgIpc) is 2.07. The normalized spacial score (nSPS) is 36.6. The van der Waals surface area contributed by atoms with Gasteiger partial charge in [0.15, 0.2) is 5.79 Å². The van der Waals surface area contributed by atoms with Gasteiger partial charge in [0.25, 0.3) is 0 Å². The van der Waals surface area contributed by atoms with E-state index in [0.717, 1.165) is 0 Å². The monoisotopic (exact) mass is 159 g/mol. The highest BCUT2D eigenvalue weighted by molar-refractivity contribution is 5.68. The van der Waals surface area contributed by atoms with Crippen molar-refractivity contribution in [1.82, 2.24) is 0 Å². The number of hydrogen-bond acceptors (Lipinski definition) is 4. The molecule has 1 N–H and O–H groups in total. The number of hydrogen-bond donors (Lipinski definition) is 1. The van der Waals surface area contributed by atoms with E-state index < -0.39 is 11.4 Å². The summed E-state index contributed by atoms with van der Waals surface area (Å²) in [6.07, 6.45) is 1.34. The molecule has 0 aliphatic carbocycles. The fourth-order valence-electron chi connectivity index (χ4n) is 1.12. The lowest BCUT2D eigenvalue weighted by atomic mass is 10.1. The second-order valence-corrected chi connectivity index (χ2v) is 3.35. The van der Waals surface area contributed by atoms with Crippen LogP contribution in [0.25, 0.3) is 0 Å². The van der Waals surface area contributed by atoms with E-state index in [2.05, 4.69) is 5.16 Å². The predicted molar refractivity (Wildman–Crippen MR) is 39.8 cm³/mol. The summed E-state index contributed by atoms with van der Waals surface area (Å²) >= 11 is 0. The Hall–Kier alpha value is -0.610. The molecule has 4 nitrogen and oxygen atoms in total. The van der Waals surface area contributed by atoms with Gasteiger partial charge in [-0.3, -0.25) is 0 Å². The van der Waals surface area contributed by atoms with Crippen molar-refractivity contribution in [1.29, 1.82) is 0 Å². The predicted octanol–water partition coefficient (Wildman–Crippen LogP) is 0.988. The van der Waals surface area contributed by atoms with Crippen LogP contribution in [-0.4, -0.2) is 29.4 Å². The fourth-order valence-corrected chi connectivity index (χ4v) is 1.12. The molecule has 11 heavy (non-hydrogen) atoms. The molecule has 0 aromatic carbocycles. The van der Waals surface area contributed by atoms with Gasteiger partial charge in [-0.1, -0.05) is 5.16 Å². The quantitative estimate of drug-likeness (QED) is 0.352. The Morgan fingerprint density at radius 3 is 2.45 bits per heavy atom. The first kappa shape index (κ1) is 8.49. The molecular formula is C7H13NO3. The summed E-state index contributed by atoms with van der Waals surface area (Å²) in [7, 11) is 0. The first-order chi connectivity index (χ1) is 4.97. The van der Waals surface area contributed by atoms with Gasteiger partial charge in [-0.15, -0.1) is 0 Å². The second kappa shape index (κ2) is 2.46. The van der Waals surface area contributed by atoms with Crippen LogP contribution >= 0.6 is 0 Å². The van der Waals surface area contributed by atoms with E-state index in [1.807, 2.05) is 20.8 Å². The zero-order valence-electron chi connectivity index (χ0n) is 7.00. The molecule has 0 spiro atoms. The van der Waals surface area contributed by atoms with Crippen LogP contribution in [0.2, 0.25) is 0 Å². The lowest BCUT2D eigenvalue weighted by molar-refractivity contribution is -0.144. The van der Waals surface area contributed by atoms with Crippen LogP contribution < -0.4 is 0 Å². The third-order valence-corrected chi connectivity index (χ3v) is 1.52. The molecule has 1 heterocycles. The number of nitrogens with zero attached hydrogens (tertiary/aromatic N) is 1. The molecule has 1 rings (SSSR count). The van der Waals surface area contributed by atoms with Crippen molar-refractivity contribution in [3.63, 3.8) is 0 Å². The highest BCUT2D eigenvalue weighted by Gasteiger charge is 2.40. The molecule has 0 bridgehead atoms. The summed E-state index contributed by atoms with van der Waals surface area (Å²) in [5.74, 6) is -0.573. The standard InChI is InChI=1S/C7H13NO3/c1-6(2)10-5-7(3,11-6)4-8-9/h4,9H,5H2,1-3H3/t7-/m0/s1. The second-order valence-electron chi connectivity index (χ2n) is 3.35.